The Labute approximate surface area is 176 Å². The van der Waals surface area contributed by atoms with Crippen molar-refractivity contribution in [3.05, 3.63) is 52.7 Å². The number of para-hydroxylation sites is 1. The molecule has 0 aliphatic carbocycles. The van der Waals surface area contributed by atoms with Crippen LogP contribution in [-0.2, 0) is 14.3 Å². The predicted molar refractivity (Wildman–Crippen MR) is 112 cm³/mol. The Bertz CT molecular complexity index is 1000. The molecule has 1 saturated heterocycles. The van der Waals surface area contributed by atoms with Gasteiger partial charge in [0, 0.05) is 18.3 Å². The fraction of sp³-hybridized carbons (Fsp3) is 0.211. The number of carbonyl (C=O) groups excluding carboxylic acids is 2. The van der Waals surface area contributed by atoms with E-state index >= 15 is 0 Å². The number of hydrogen-bond donors (Lipinski definition) is 1. The van der Waals surface area contributed by atoms with Crippen molar-refractivity contribution in [1.82, 2.24) is 14.7 Å². The van der Waals surface area contributed by atoms with E-state index in [-0.39, 0.29) is 29.6 Å². The summed E-state index contributed by atoms with van der Waals surface area (Å²) < 4.78 is 6.88. The van der Waals surface area contributed by atoms with Crippen LogP contribution < -0.4 is 0 Å². The fourth-order valence-corrected chi connectivity index (χ4v) is 3.90. The van der Waals surface area contributed by atoms with E-state index in [9.17, 15) is 14.4 Å². The van der Waals surface area contributed by atoms with Crippen LogP contribution in [0, 0.1) is 0 Å². The number of thioether (sulfide) groups is 1. The fourth-order valence-electron chi connectivity index (χ4n) is 2.61. The molecule has 1 aliphatic heterocycles. The highest BCUT2D eigenvalue weighted by Gasteiger charge is 2.33. The lowest BCUT2D eigenvalue weighted by atomic mass is 10.2. The summed E-state index contributed by atoms with van der Waals surface area (Å²) in [5.74, 6) is -2.02. The van der Waals surface area contributed by atoms with Crippen molar-refractivity contribution < 1.29 is 24.2 Å². The number of carboxylic acids is 1. The first-order chi connectivity index (χ1) is 13.9. The standard InChI is InChI=1S/C19H17N3O5S2/c1-2-27-18(26)16-12(11-22(20-16)13-6-4-3-5-7-13)10-14-17(25)21(19(28)29-14)9-8-15(23)24/h3-7,10-11H,2,8-9H2,1H3,(H,23,24)/b14-10-. The number of thiocarbonyl (C=S) groups is 1. The van der Waals surface area contributed by atoms with Gasteiger partial charge in [0.15, 0.2) is 5.69 Å². The molecule has 0 spiro atoms. The molecule has 29 heavy (non-hydrogen) atoms. The zero-order chi connectivity index (χ0) is 21.0. The average molecular weight is 431 g/mol. The monoisotopic (exact) mass is 431 g/mol. The largest absolute Gasteiger partial charge is 0.481 e. The molecule has 0 radical (unpaired) electrons. The Hall–Kier alpha value is -2.98. The smallest absolute Gasteiger partial charge is 0.359 e. The molecule has 0 bridgehead atoms. The van der Waals surface area contributed by atoms with E-state index in [0.717, 1.165) is 17.4 Å². The highest BCUT2D eigenvalue weighted by atomic mass is 32.2. The number of hydrogen-bond acceptors (Lipinski definition) is 7. The highest BCUT2D eigenvalue weighted by molar-refractivity contribution is 8.26. The van der Waals surface area contributed by atoms with Crippen LogP contribution in [0.3, 0.4) is 0 Å². The third-order valence-corrected chi connectivity index (χ3v) is 5.32. The lowest BCUT2D eigenvalue weighted by Crippen LogP contribution is -2.30. The van der Waals surface area contributed by atoms with Crippen molar-refractivity contribution in [1.29, 1.82) is 0 Å². The van der Waals surface area contributed by atoms with Crippen LogP contribution in [0.5, 0.6) is 0 Å². The number of carbonyl (C=O) groups is 3. The van der Waals surface area contributed by atoms with Crippen LogP contribution in [-0.4, -0.2) is 55.1 Å². The Morgan fingerprint density at radius 1 is 1.31 bits per heavy atom. The van der Waals surface area contributed by atoms with E-state index in [1.807, 2.05) is 30.3 Å². The average Bonchev–Trinajstić information content (AvgIpc) is 3.23. The minimum atomic E-state index is -1.02. The molecule has 150 valence electrons. The van der Waals surface area contributed by atoms with Crippen molar-refractivity contribution in [2.45, 2.75) is 13.3 Å². The maximum Gasteiger partial charge on any atom is 0.359 e. The number of rotatable bonds is 7. The summed E-state index contributed by atoms with van der Waals surface area (Å²) in [5.41, 5.74) is 1.23. The molecule has 1 aromatic carbocycles. The minimum absolute atomic E-state index is 0.00858. The summed E-state index contributed by atoms with van der Waals surface area (Å²) in [4.78, 5) is 37.3. The molecule has 3 rings (SSSR count). The first-order valence-electron chi connectivity index (χ1n) is 8.70. The lowest BCUT2D eigenvalue weighted by molar-refractivity contribution is -0.137. The minimum Gasteiger partial charge on any atom is -0.481 e. The van der Waals surface area contributed by atoms with Gasteiger partial charge in [-0.2, -0.15) is 5.10 Å². The number of benzene rings is 1. The summed E-state index contributed by atoms with van der Waals surface area (Å²) in [5, 5.41) is 13.2. The van der Waals surface area contributed by atoms with Gasteiger partial charge in [0.25, 0.3) is 5.91 Å². The maximum atomic E-state index is 12.6. The quantitative estimate of drug-likeness (QED) is 0.406. The number of carboxylic acid groups (broad SMARTS) is 1. The molecule has 1 N–H and O–H groups in total. The van der Waals surface area contributed by atoms with E-state index in [1.54, 1.807) is 13.1 Å². The highest BCUT2D eigenvalue weighted by Crippen LogP contribution is 2.33. The topological polar surface area (TPSA) is 102 Å². The van der Waals surface area contributed by atoms with Crippen LogP contribution in [0.2, 0.25) is 0 Å². The predicted octanol–water partition coefficient (Wildman–Crippen LogP) is 2.72. The third-order valence-electron chi connectivity index (χ3n) is 3.94. The van der Waals surface area contributed by atoms with Crippen molar-refractivity contribution in [3.63, 3.8) is 0 Å². The number of aliphatic carboxylic acids is 1. The molecular weight excluding hydrogens is 414 g/mol. The molecular formula is C19H17N3O5S2. The van der Waals surface area contributed by atoms with Gasteiger partial charge in [-0.05, 0) is 25.1 Å². The summed E-state index contributed by atoms with van der Waals surface area (Å²) >= 11 is 6.25. The molecule has 1 aliphatic rings. The normalized spacial score (nSPS) is 15.2. The van der Waals surface area contributed by atoms with Gasteiger partial charge in [-0.15, -0.1) is 0 Å². The molecule has 1 aromatic heterocycles. The zero-order valence-electron chi connectivity index (χ0n) is 15.4. The van der Waals surface area contributed by atoms with Crippen LogP contribution >= 0.6 is 24.0 Å². The van der Waals surface area contributed by atoms with Crippen LogP contribution in [0.25, 0.3) is 11.8 Å². The number of aromatic nitrogens is 2. The first-order valence-corrected chi connectivity index (χ1v) is 9.92. The van der Waals surface area contributed by atoms with Gasteiger partial charge < -0.3 is 9.84 Å². The Morgan fingerprint density at radius 2 is 2.03 bits per heavy atom. The molecule has 10 heteroatoms. The molecule has 2 aromatic rings. The first kappa shape index (κ1) is 20.7. The number of amides is 1. The molecule has 8 nitrogen and oxygen atoms in total. The molecule has 0 unspecified atom stereocenters. The van der Waals surface area contributed by atoms with Crippen LogP contribution in [0.1, 0.15) is 29.4 Å². The Morgan fingerprint density at radius 3 is 2.69 bits per heavy atom. The van der Waals surface area contributed by atoms with Gasteiger partial charge in [-0.1, -0.05) is 42.2 Å². The molecule has 1 amide bonds. The van der Waals surface area contributed by atoms with Crippen molar-refractivity contribution in [2.75, 3.05) is 13.2 Å². The van der Waals surface area contributed by atoms with Crippen molar-refractivity contribution >= 4 is 52.2 Å². The van der Waals surface area contributed by atoms with Gasteiger partial charge >= 0.3 is 11.9 Å². The maximum absolute atomic E-state index is 12.6. The Kier molecular flexibility index (Phi) is 6.45. The second-order valence-corrected chi connectivity index (χ2v) is 7.59. The lowest BCUT2D eigenvalue weighted by Gasteiger charge is -2.12. The molecule has 1 fully saturated rings. The van der Waals surface area contributed by atoms with Crippen LogP contribution in [0.15, 0.2) is 41.4 Å². The summed E-state index contributed by atoms with van der Waals surface area (Å²) in [6, 6.07) is 9.21. The second-order valence-electron chi connectivity index (χ2n) is 5.91. The summed E-state index contributed by atoms with van der Waals surface area (Å²) in [6.45, 7) is 1.87. The zero-order valence-corrected chi connectivity index (χ0v) is 17.0. The second kappa shape index (κ2) is 9.01. The van der Waals surface area contributed by atoms with E-state index in [1.165, 1.54) is 15.7 Å². The van der Waals surface area contributed by atoms with Gasteiger partial charge in [0.2, 0.25) is 0 Å². The third kappa shape index (κ3) is 4.72. The van der Waals surface area contributed by atoms with Crippen molar-refractivity contribution in [3.8, 4) is 5.69 Å². The summed E-state index contributed by atoms with van der Waals surface area (Å²) in [7, 11) is 0. The van der Waals surface area contributed by atoms with Gasteiger partial charge in [0.05, 0.1) is 23.6 Å². The number of nitrogens with zero attached hydrogens (tertiary/aromatic N) is 3. The molecule has 0 atom stereocenters. The summed E-state index contributed by atoms with van der Waals surface area (Å²) in [6.07, 6.45) is 2.95. The Balaban J connectivity index is 1.96. The molecule has 0 saturated carbocycles. The SMILES string of the molecule is CCOC(=O)c1nn(-c2ccccc2)cc1/C=C1\SC(=S)N(CCC(=O)O)C1=O. The van der Waals surface area contributed by atoms with E-state index in [4.69, 9.17) is 22.1 Å². The van der Waals surface area contributed by atoms with Crippen molar-refractivity contribution in [2.24, 2.45) is 0 Å². The number of ether oxygens (including phenoxy) is 1. The van der Waals surface area contributed by atoms with Crippen LogP contribution in [0.4, 0.5) is 0 Å². The van der Waals surface area contributed by atoms with E-state index in [0.29, 0.717) is 10.5 Å². The van der Waals surface area contributed by atoms with Gasteiger partial charge in [-0.3, -0.25) is 14.5 Å². The van der Waals surface area contributed by atoms with E-state index < -0.39 is 17.8 Å². The molecule has 2 heterocycles. The van der Waals surface area contributed by atoms with E-state index in [2.05, 4.69) is 5.10 Å². The number of esters is 1. The van der Waals surface area contributed by atoms with Gasteiger partial charge in [0.1, 0.15) is 4.32 Å². The van der Waals surface area contributed by atoms with Gasteiger partial charge in [-0.25, -0.2) is 9.48 Å².